The Hall–Kier alpha value is -1.09. The van der Waals surface area contributed by atoms with Crippen molar-refractivity contribution in [1.29, 1.82) is 0 Å². The molecule has 0 aromatic heterocycles. The summed E-state index contributed by atoms with van der Waals surface area (Å²) in [5.74, 6) is -0.0563. The zero-order valence-corrected chi connectivity index (χ0v) is 8.10. The van der Waals surface area contributed by atoms with Gasteiger partial charge in [0.1, 0.15) is 0 Å². The highest BCUT2D eigenvalue weighted by molar-refractivity contribution is 5.36. The van der Waals surface area contributed by atoms with Gasteiger partial charge in [-0.3, -0.25) is 0 Å². The standard InChI is InChI=1S/C10H14FNO/c1-6-4-8(7(2)12)5-9(13-3)10(6)11/h4-5,7H,12H2,1-3H3. The maximum absolute atomic E-state index is 13.3. The third-order valence-corrected chi connectivity index (χ3v) is 1.99. The topological polar surface area (TPSA) is 35.2 Å². The van der Waals surface area contributed by atoms with Crippen molar-refractivity contribution in [1.82, 2.24) is 0 Å². The molecule has 0 heterocycles. The molecule has 0 spiro atoms. The fourth-order valence-corrected chi connectivity index (χ4v) is 1.18. The van der Waals surface area contributed by atoms with E-state index in [1.54, 1.807) is 19.1 Å². The molecule has 1 aromatic rings. The van der Waals surface area contributed by atoms with Crippen molar-refractivity contribution in [3.8, 4) is 5.75 Å². The summed E-state index contributed by atoms with van der Waals surface area (Å²) in [4.78, 5) is 0. The molecule has 0 aliphatic rings. The fraction of sp³-hybridized carbons (Fsp3) is 0.400. The van der Waals surface area contributed by atoms with E-state index in [1.165, 1.54) is 7.11 Å². The number of hydrogen-bond acceptors (Lipinski definition) is 2. The number of nitrogens with two attached hydrogens (primary N) is 1. The van der Waals surface area contributed by atoms with Crippen molar-refractivity contribution in [3.05, 3.63) is 29.1 Å². The van der Waals surface area contributed by atoms with Crippen LogP contribution in [0.4, 0.5) is 4.39 Å². The highest BCUT2D eigenvalue weighted by Crippen LogP contribution is 2.24. The summed E-state index contributed by atoms with van der Waals surface area (Å²) in [5.41, 5.74) is 7.12. The largest absolute Gasteiger partial charge is 0.494 e. The van der Waals surface area contributed by atoms with Crippen molar-refractivity contribution in [3.63, 3.8) is 0 Å². The molecule has 0 aliphatic carbocycles. The quantitative estimate of drug-likeness (QED) is 0.762. The van der Waals surface area contributed by atoms with Crippen LogP contribution in [0.1, 0.15) is 24.1 Å². The molecule has 0 aliphatic heterocycles. The predicted molar refractivity (Wildman–Crippen MR) is 50.3 cm³/mol. The van der Waals surface area contributed by atoms with E-state index in [0.29, 0.717) is 5.56 Å². The molecule has 1 atom stereocenters. The Bertz CT molecular complexity index is 310. The van der Waals surface area contributed by atoms with E-state index in [1.807, 2.05) is 6.92 Å². The predicted octanol–water partition coefficient (Wildman–Crippen LogP) is 2.16. The van der Waals surface area contributed by atoms with E-state index in [2.05, 4.69) is 0 Å². The zero-order valence-electron chi connectivity index (χ0n) is 8.10. The number of ether oxygens (including phenoxy) is 1. The summed E-state index contributed by atoms with van der Waals surface area (Å²) in [5, 5.41) is 0. The molecule has 2 N–H and O–H groups in total. The van der Waals surface area contributed by atoms with Gasteiger partial charge in [0.05, 0.1) is 7.11 Å². The SMILES string of the molecule is COc1cc(C(C)N)cc(C)c1F. The summed E-state index contributed by atoms with van der Waals surface area (Å²) >= 11 is 0. The van der Waals surface area contributed by atoms with Gasteiger partial charge in [-0.25, -0.2) is 4.39 Å². The molecule has 0 saturated heterocycles. The first-order valence-electron chi connectivity index (χ1n) is 4.16. The second-order valence-corrected chi connectivity index (χ2v) is 3.14. The van der Waals surface area contributed by atoms with Crippen LogP contribution < -0.4 is 10.5 Å². The molecule has 13 heavy (non-hydrogen) atoms. The maximum Gasteiger partial charge on any atom is 0.167 e. The van der Waals surface area contributed by atoms with Crippen LogP contribution >= 0.6 is 0 Å². The number of hydrogen-bond donors (Lipinski definition) is 1. The Morgan fingerprint density at radius 1 is 1.46 bits per heavy atom. The van der Waals surface area contributed by atoms with Gasteiger partial charge >= 0.3 is 0 Å². The van der Waals surface area contributed by atoms with E-state index < -0.39 is 0 Å². The van der Waals surface area contributed by atoms with Gasteiger partial charge in [-0.15, -0.1) is 0 Å². The number of rotatable bonds is 2. The Kier molecular flexibility index (Phi) is 2.88. The molecular weight excluding hydrogens is 169 g/mol. The molecule has 1 rings (SSSR count). The number of aryl methyl sites for hydroxylation is 1. The Morgan fingerprint density at radius 2 is 2.08 bits per heavy atom. The smallest absolute Gasteiger partial charge is 0.167 e. The number of benzene rings is 1. The minimum atomic E-state index is -0.313. The van der Waals surface area contributed by atoms with Gasteiger partial charge < -0.3 is 10.5 Å². The van der Waals surface area contributed by atoms with Gasteiger partial charge in [0.15, 0.2) is 11.6 Å². The lowest BCUT2D eigenvalue weighted by Gasteiger charge is -2.10. The first-order valence-corrected chi connectivity index (χ1v) is 4.16. The second kappa shape index (κ2) is 3.75. The maximum atomic E-state index is 13.3. The molecule has 1 unspecified atom stereocenters. The normalized spacial score (nSPS) is 12.7. The van der Waals surface area contributed by atoms with Gasteiger partial charge in [-0.05, 0) is 31.0 Å². The third-order valence-electron chi connectivity index (χ3n) is 1.99. The Labute approximate surface area is 77.5 Å². The molecule has 0 radical (unpaired) electrons. The summed E-state index contributed by atoms with van der Waals surface area (Å²) in [6.07, 6.45) is 0. The van der Waals surface area contributed by atoms with E-state index in [0.717, 1.165) is 5.56 Å². The molecule has 2 nitrogen and oxygen atoms in total. The molecule has 3 heteroatoms. The molecule has 0 amide bonds. The van der Waals surface area contributed by atoms with Gasteiger partial charge in [0.25, 0.3) is 0 Å². The molecule has 72 valence electrons. The van der Waals surface area contributed by atoms with Crippen LogP contribution in [0.15, 0.2) is 12.1 Å². The zero-order chi connectivity index (χ0) is 10.0. The van der Waals surface area contributed by atoms with E-state index in [4.69, 9.17) is 10.5 Å². The average Bonchev–Trinajstić information content (AvgIpc) is 2.09. The van der Waals surface area contributed by atoms with Gasteiger partial charge in [-0.2, -0.15) is 0 Å². The van der Waals surface area contributed by atoms with Crippen LogP contribution in [0, 0.1) is 12.7 Å². The highest BCUT2D eigenvalue weighted by Gasteiger charge is 2.09. The van der Waals surface area contributed by atoms with Crippen molar-refractivity contribution >= 4 is 0 Å². The van der Waals surface area contributed by atoms with Crippen molar-refractivity contribution < 1.29 is 9.13 Å². The first kappa shape index (κ1) is 9.99. The Balaban J connectivity index is 3.22. The minimum absolute atomic E-state index is 0.104. The third kappa shape index (κ3) is 1.98. The summed E-state index contributed by atoms with van der Waals surface area (Å²) in [7, 11) is 1.45. The molecule has 0 fully saturated rings. The van der Waals surface area contributed by atoms with Crippen molar-refractivity contribution in [2.75, 3.05) is 7.11 Å². The first-order chi connectivity index (χ1) is 6.06. The van der Waals surface area contributed by atoms with Gasteiger partial charge in [-0.1, -0.05) is 6.07 Å². The van der Waals surface area contributed by atoms with Crippen LogP contribution in [0.25, 0.3) is 0 Å². The molecule has 0 bridgehead atoms. The summed E-state index contributed by atoms with van der Waals surface area (Å²) in [6.45, 7) is 3.55. The average molecular weight is 183 g/mol. The van der Waals surface area contributed by atoms with Crippen LogP contribution in [0.2, 0.25) is 0 Å². The number of halogens is 1. The van der Waals surface area contributed by atoms with Gasteiger partial charge in [0, 0.05) is 6.04 Å². The number of methoxy groups -OCH3 is 1. The lowest BCUT2D eigenvalue weighted by molar-refractivity contribution is 0.384. The van der Waals surface area contributed by atoms with Crippen LogP contribution in [-0.4, -0.2) is 7.11 Å². The lowest BCUT2D eigenvalue weighted by atomic mass is 10.1. The van der Waals surface area contributed by atoms with Crippen LogP contribution in [0.5, 0.6) is 5.75 Å². The minimum Gasteiger partial charge on any atom is -0.494 e. The van der Waals surface area contributed by atoms with E-state index in [9.17, 15) is 4.39 Å². The molecule has 1 aromatic carbocycles. The van der Waals surface area contributed by atoms with Crippen molar-refractivity contribution in [2.45, 2.75) is 19.9 Å². The Morgan fingerprint density at radius 3 is 2.54 bits per heavy atom. The fourth-order valence-electron chi connectivity index (χ4n) is 1.18. The van der Waals surface area contributed by atoms with Gasteiger partial charge in [0.2, 0.25) is 0 Å². The molecule has 0 saturated carbocycles. The van der Waals surface area contributed by atoms with Crippen molar-refractivity contribution in [2.24, 2.45) is 5.73 Å². The summed E-state index contributed by atoms with van der Waals surface area (Å²) in [6, 6.07) is 3.27. The van der Waals surface area contributed by atoms with E-state index in [-0.39, 0.29) is 17.6 Å². The van der Waals surface area contributed by atoms with E-state index >= 15 is 0 Å². The lowest BCUT2D eigenvalue weighted by Crippen LogP contribution is -2.06. The highest BCUT2D eigenvalue weighted by atomic mass is 19.1. The second-order valence-electron chi connectivity index (χ2n) is 3.14. The molecular formula is C10H14FNO. The monoisotopic (exact) mass is 183 g/mol. The van der Waals surface area contributed by atoms with Crippen LogP contribution in [0.3, 0.4) is 0 Å². The van der Waals surface area contributed by atoms with Crippen LogP contribution in [-0.2, 0) is 0 Å². The summed E-state index contributed by atoms with van der Waals surface area (Å²) < 4.78 is 18.2.